The van der Waals surface area contributed by atoms with Crippen LogP contribution < -0.4 is 10.9 Å². The second kappa shape index (κ2) is 8.69. The summed E-state index contributed by atoms with van der Waals surface area (Å²) in [6.07, 6.45) is 1.05. The van der Waals surface area contributed by atoms with Crippen molar-refractivity contribution in [3.8, 4) is 11.8 Å². The summed E-state index contributed by atoms with van der Waals surface area (Å²) in [5.74, 6) is -0.504. The van der Waals surface area contributed by atoms with E-state index in [0.717, 1.165) is 4.68 Å². The molecule has 2 heterocycles. The Labute approximate surface area is 172 Å². The summed E-state index contributed by atoms with van der Waals surface area (Å²) in [6.45, 7) is 5.14. The van der Waals surface area contributed by atoms with E-state index in [2.05, 4.69) is 15.5 Å². The highest BCUT2D eigenvalue weighted by atomic mass is 19.1. The number of rotatable bonds is 6. The summed E-state index contributed by atoms with van der Waals surface area (Å²) in [4.78, 5) is 25.2. The molecule has 3 rings (SSSR count). The van der Waals surface area contributed by atoms with Crippen molar-refractivity contribution in [1.29, 1.82) is 5.26 Å². The van der Waals surface area contributed by atoms with Crippen molar-refractivity contribution in [2.45, 2.75) is 40.2 Å². The average molecular weight is 408 g/mol. The van der Waals surface area contributed by atoms with Crippen LogP contribution in [0, 0.1) is 24.1 Å². The van der Waals surface area contributed by atoms with Gasteiger partial charge in [0.15, 0.2) is 0 Å². The van der Waals surface area contributed by atoms with Crippen LogP contribution in [0.5, 0.6) is 0 Å². The zero-order chi connectivity index (χ0) is 21.8. The van der Waals surface area contributed by atoms with Crippen molar-refractivity contribution in [2.24, 2.45) is 0 Å². The van der Waals surface area contributed by atoms with Crippen molar-refractivity contribution >= 4 is 11.7 Å². The Morgan fingerprint density at radius 3 is 2.50 bits per heavy atom. The third-order valence-electron chi connectivity index (χ3n) is 4.60. The molecule has 0 aliphatic heterocycles. The quantitative estimate of drug-likeness (QED) is 0.675. The highest BCUT2D eigenvalue weighted by Crippen LogP contribution is 2.18. The number of hydrogen-bond donors (Lipinski definition) is 1. The topological polar surface area (TPSA) is 106 Å². The Morgan fingerprint density at radius 2 is 1.90 bits per heavy atom. The van der Waals surface area contributed by atoms with E-state index in [1.54, 1.807) is 25.1 Å². The first-order valence-electron chi connectivity index (χ1n) is 9.53. The van der Waals surface area contributed by atoms with E-state index in [-0.39, 0.29) is 17.9 Å². The van der Waals surface area contributed by atoms with Gasteiger partial charge in [-0.2, -0.15) is 15.5 Å². The number of carbonyl (C=O) groups excluding carboxylic acids is 1. The number of nitrogens with zero attached hydrogens (tertiary/aromatic N) is 5. The predicted octanol–water partition coefficient (Wildman–Crippen LogP) is 2.51. The van der Waals surface area contributed by atoms with Crippen molar-refractivity contribution in [3.05, 3.63) is 69.0 Å². The number of nitriles is 1. The summed E-state index contributed by atoms with van der Waals surface area (Å²) in [7, 11) is 0. The van der Waals surface area contributed by atoms with Gasteiger partial charge in [-0.05, 0) is 49.6 Å². The van der Waals surface area contributed by atoms with Crippen LogP contribution in [-0.4, -0.2) is 25.5 Å². The molecule has 0 bridgehead atoms. The third kappa shape index (κ3) is 4.12. The van der Waals surface area contributed by atoms with Gasteiger partial charge in [-0.15, -0.1) is 0 Å². The minimum absolute atomic E-state index is 0.0179. The second-order valence-corrected chi connectivity index (χ2v) is 6.69. The van der Waals surface area contributed by atoms with Crippen LogP contribution in [0.25, 0.3) is 5.69 Å². The Morgan fingerprint density at radius 1 is 1.20 bits per heavy atom. The molecule has 1 aromatic carbocycles. The first-order chi connectivity index (χ1) is 14.4. The molecule has 1 N–H and O–H groups in total. The van der Waals surface area contributed by atoms with Crippen LogP contribution in [0.3, 0.4) is 0 Å². The molecule has 0 atom stereocenters. The highest BCUT2D eigenvalue weighted by molar-refractivity contribution is 5.90. The summed E-state index contributed by atoms with van der Waals surface area (Å²) in [5, 5.41) is 20.7. The van der Waals surface area contributed by atoms with Crippen molar-refractivity contribution in [3.63, 3.8) is 0 Å². The smallest absolute Gasteiger partial charge is 0.285 e. The molecule has 0 spiro atoms. The summed E-state index contributed by atoms with van der Waals surface area (Å²) in [6, 6.07) is 9.28. The van der Waals surface area contributed by atoms with E-state index < -0.39 is 11.5 Å². The van der Waals surface area contributed by atoms with Crippen LogP contribution in [0.2, 0.25) is 0 Å². The van der Waals surface area contributed by atoms with Gasteiger partial charge in [0.05, 0.1) is 17.1 Å². The minimum Gasteiger partial charge on any atom is -0.309 e. The van der Waals surface area contributed by atoms with E-state index in [1.807, 2.05) is 19.9 Å². The Balaban J connectivity index is 1.90. The Bertz CT molecular complexity index is 1190. The zero-order valence-corrected chi connectivity index (χ0v) is 16.9. The molecule has 3 aromatic rings. The number of carbonyl (C=O) groups is 1. The molecule has 0 fully saturated rings. The van der Waals surface area contributed by atoms with Crippen molar-refractivity contribution in [1.82, 2.24) is 19.6 Å². The lowest BCUT2D eigenvalue weighted by Crippen LogP contribution is -2.33. The molecule has 0 radical (unpaired) electrons. The molecular weight excluding hydrogens is 387 g/mol. The van der Waals surface area contributed by atoms with Crippen molar-refractivity contribution < 1.29 is 9.18 Å². The lowest BCUT2D eigenvalue weighted by molar-refractivity contribution is -0.117. The number of nitrogens with one attached hydrogen (secondary N) is 1. The van der Waals surface area contributed by atoms with Gasteiger partial charge in [0.2, 0.25) is 5.91 Å². The molecule has 0 aliphatic carbocycles. The minimum atomic E-state index is -0.593. The second-order valence-electron chi connectivity index (χ2n) is 6.69. The monoisotopic (exact) mass is 408 g/mol. The Kier molecular flexibility index (Phi) is 6.06. The van der Waals surface area contributed by atoms with Gasteiger partial charge in [0.1, 0.15) is 29.8 Å². The van der Waals surface area contributed by atoms with Gasteiger partial charge in [-0.25, -0.2) is 13.8 Å². The molecule has 0 aliphatic rings. The molecule has 9 heteroatoms. The standard InChI is InChI=1S/C21H21FN6O2/c1-4-16-17(11-23)21(30)27(26-18(16)5-2)12-20(29)24-19-10-13(3)25-28(19)15-8-6-14(22)7-9-15/h6-10H,4-5,12H2,1-3H3,(H,24,29). The van der Waals surface area contributed by atoms with Crippen LogP contribution in [0.15, 0.2) is 35.1 Å². The van der Waals surface area contributed by atoms with Crippen LogP contribution in [0.1, 0.15) is 36.4 Å². The molecule has 154 valence electrons. The van der Waals surface area contributed by atoms with Gasteiger partial charge in [-0.1, -0.05) is 13.8 Å². The number of halogens is 1. The molecule has 1 amide bonds. The maximum atomic E-state index is 13.2. The number of amides is 1. The third-order valence-corrected chi connectivity index (χ3v) is 4.60. The fourth-order valence-electron chi connectivity index (χ4n) is 3.23. The molecule has 30 heavy (non-hydrogen) atoms. The lowest BCUT2D eigenvalue weighted by atomic mass is 10.0. The van der Waals surface area contributed by atoms with Gasteiger partial charge >= 0.3 is 0 Å². The largest absolute Gasteiger partial charge is 0.309 e. The van der Waals surface area contributed by atoms with E-state index in [9.17, 15) is 19.2 Å². The average Bonchev–Trinajstić information content (AvgIpc) is 3.09. The van der Waals surface area contributed by atoms with Crippen LogP contribution >= 0.6 is 0 Å². The van der Waals surface area contributed by atoms with Crippen LogP contribution in [0.4, 0.5) is 10.2 Å². The first kappa shape index (κ1) is 20.9. The molecule has 0 unspecified atom stereocenters. The summed E-state index contributed by atoms with van der Waals surface area (Å²) >= 11 is 0. The highest BCUT2D eigenvalue weighted by Gasteiger charge is 2.18. The molecular formula is C21H21FN6O2. The molecule has 0 saturated heterocycles. The maximum absolute atomic E-state index is 13.2. The molecule has 8 nitrogen and oxygen atoms in total. The zero-order valence-electron chi connectivity index (χ0n) is 16.9. The van der Waals surface area contributed by atoms with E-state index in [1.165, 1.54) is 16.8 Å². The summed E-state index contributed by atoms with van der Waals surface area (Å²) in [5.41, 5.74) is 1.88. The maximum Gasteiger partial charge on any atom is 0.285 e. The number of anilines is 1. The first-order valence-corrected chi connectivity index (χ1v) is 9.53. The lowest BCUT2D eigenvalue weighted by Gasteiger charge is -2.12. The normalized spacial score (nSPS) is 10.6. The van der Waals surface area contributed by atoms with Crippen LogP contribution in [-0.2, 0) is 24.2 Å². The SMILES string of the molecule is CCc1nn(CC(=O)Nc2cc(C)nn2-c2ccc(F)cc2)c(=O)c(C#N)c1CC. The van der Waals surface area contributed by atoms with Crippen molar-refractivity contribution in [2.75, 3.05) is 5.32 Å². The predicted molar refractivity (Wildman–Crippen MR) is 109 cm³/mol. The molecule has 2 aromatic heterocycles. The van der Waals surface area contributed by atoms with Gasteiger partial charge in [0.25, 0.3) is 5.56 Å². The van der Waals surface area contributed by atoms with E-state index >= 15 is 0 Å². The Hall–Kier alpha value is -3.80. The van der Waals surface area contributed by atoms with E-state index in [4.69, 9.17) is 0 Å². The van der Waals surface area contributed by atoms with Gasteiger partial charge < -0.3 is 5.32 Å². The van der Waals surface area contributed by atoms with E-state index in [0.29, 0.717) is 41.3 Å². The van der Waals surface area contributed by atoms with Gasteiger partial charge in [-0.3, -0.25) is 9.59 Å². The fourth-order valence-corrected chi connectivity index (χ4v) is 3.23. The number of hydrogen-bond acceptors (Lipinski definition) is 5. The molecule has 0 saturated carbocycles. The van der Waals surface area contributed by atoms with Gasteiger partial charge in [0, 0.05) is 6.07 Å². The number of benzene rings is 1. The summed E-state index contributed by atoms with van der Waals surface area (Å²) < 4.78 is 15.7. The number of aryl methyl sites for hydroxylation is 2. The number of aromatic nitrogens is 4. The fraction of sp³-hybridized carbons (Fsp3) is 0.286.